The van der Waals surface area contributed by atoms with Gasteiger partial charge in [0.1, 0.15) is 6.04 Å². The Balaban J connectivity index is 2.03. The topological polar surface area (TPSA) is 77.1 Å². The summed E-state index contributed by atoms with van der Waals surface area (Å²) in [7, 11) is 4.50. The van der Waals surface area contributed by atoms with E-state index in [0.29, 0.717) is 24.5 Å². The lowest BCUT2D eigenvalue weighted by atomic mass is 9.88. The Bertz CT molecular complexity index is 884. The monoisotopic (exact) mass is 398 g/mol. The molecule has 2 aromatic rings. The third-order valence-electron chi connectivity index (χ3n) is 5.14. The summed E-state index contributed by atoms with van der Waals surface area (Å²) >= 11 is 0. The molecule has 1 aliphatic rings. The van der Waals surface area contributed by atoms with Crippen LogP contribution in [-0.4, -0.2) is 50.8 Å². The number of carbonyl (C=O) groups excluding carboxylic acids is 2. The van der Waals surface area contributed by atoms with Gasteiger partial charge in [0.05, 0.1) is 27.4 Å². The molecule has 7 heteroatoms. The molecule has 7 nitrogen and oxygen atoms in total. The zero-order valence-corrected chi connectivity index (χ0v) is 17.1. The van der Waals surface area contributed by atoms with E-state index in [1.54, 1.807) is 26.0 Å². The molecule has 0 aliphatic carbocycles. The van der Waals surface area contributed by atoms with Crippen LogP contribution in [0.15, 0.2) is 42.5 Å². The fraction of sp³-hybridized carbons (Fsp3) is 0.364. The predicted octanol–water partition coefficient (Wildman–Crippen LogP) is 2.92. The Labute approximate surface area is 170 Å². The van der Waals surface area contributed by atoms with E-state index in [1.807, 2.05) is 42.5 Å². The Kier molecular flexibility index (Phi) is 6.26. The van der Waals surface area contributed by atoms with Crippen molar-refractivity contribution in [2.24, 2.45) is 0 Å². The standard InChI is InChI=1S/C22H26N2O5/c1-14(21(25)29-4)23-22(26)24-11-10-16-12-18(27-2)19(28-3)13-17(16)20(24)15-8-6-5-7-9-15/h5-9,12-14,20H,10-11H2,1-4H3,(H,23,26)/t14-,20-/m0/s1. The minimum absolute atomic E-state index is 0.315. The maximum absolute atomic E-state index is 13.1. The molecule has 2 aromatic carbocycles. The second-order valence-electron chi connectivity index (χ2n) is 6.86. The van der Waals surface area contributed by atoms with Gasteiger partial charge in [0.25, 0.3) is 0 Å². The zero-order chi connectivity index (χ0) is 21.0. The Morgan fingerprint density at radius 1 is 1.07 bits per heavy atom. The van der Waals surface area contributed by atoms with E-state index in [9.17, 15) is 9.59 Å². The average Bonchev–Trinajstić information content (AvgIpc) is 2.76. The predicted molar refractivity (Wildman–Crippen MR) is 108 cm³/mol. The van der Waals surface area contributed by atoms with Crippen LogP contribution in [0.4, 0.5) is 4.79 Å². The molecule has 29 heavy (non-hydrogen) atoms. The number of fused-ring (bicyclic) bond motifs is 1. The summed E-state index contributed by atoms with van der Waals surface area (Å²) in [6, 6.07) is 12.3. The first-order chi connectivity index (χ1) is 14.0. The van der Waals surface area contributed by atoms with E-state index in [2.05, 4.69) is 5.32 Å². The van der Waals surface area contributed by atoms with Crippen molar-refractivity contribution < 1.29 is 23.8 Å². The van der Waals surface area contributed by atoms with Crippen molar-refractivity contribution in [3.8, 4) is 11.5 Å². The molecule has 1 aliphatic heterocycles. The van der Waals surface area contributed by atoms with E-state index in [0.717, 1.165) is 16.7 Å². The van der Waals surface area contributed by atoms with Gasteiger partial charge in [-0.3, -0.25) is 0 Å². The lowest BCUT2D eigenvalue weighted by Gasteiger charge is -2.38. The number of benzene rings is 2. The largest absolute Gasteiger partial charge is 0.493 e. The van der Waals surface area contributed by atoms with Gasteiger partial charge >= 0.3 is 12.0 Å². The summed E-state index contributed by atoms with van der Waals surface area (Å²) in [4.78, 5) is 26.5. The van der Waals surface area contributed by atoms with Crippen molar-refractivity contribution in [2.45, 2.75) is 25.4 Å². The maximum Gasteiger partial charge on any atom is 0.328 e. The molecule has 0 unspecified atom stereocenters. The van der Waals surface area contributed by atoms with Crippen molar-refractivity contribution in [3.05, 3.63) is 59.2 Å². The van der Waals surface area contributed by atoms with E-state index in [-0.39, 0.29) is 12.1 Å². The average molecular weight is 398 g/mol. The quantitative estimate of drug-likeness (QED) is 0.784. The van der Waals surface area contributed by atoms with Crippen molar-refractivity contribution in [1.29, 1.82) is 0 Å². The van der Waals surface area contributed by atoms with Crippen LogP contribution in [0.5, 0.6) is 11.5 Å². The van der Waals surface area contributed by atoms with Crippen LogP contribution >= 0.6 is 0 Å². The first-order valence-corrected chi connectivity index (χ1v) is 9.44. The van der Waals surface area contributed by atoms with Gasteiger partial charge in [0.2, 0.25) is 0 Å². The number of hydrogen-bond donors (Lipinski definition) is 1. The highest BCUT2D eigenvalue weighted by Gasteiger charge is 2.34. The fourth-order valence-electron chi connectivity index (χ4n) is 3.66. The van der Waals surface area contributed by atoms with Gasteiger partial charge in [0, 0.05) is 6.54 Å². The van der Waals surface area contributed by atoms with Gasteiger partial charge in [0.15, 0.2) is 11.5 Å². The number of amides is 2. The van der Waals surface area contributed by atoms with Crippen LogP contribution in [0.1, 0.15) is 29.7 Å². The summed E-state index contributed by atoms with van der Waals surface area (Å²) in [5.41, 5.74) is 3.05. The number of rotatable bonds is 5. The molecule has 1 N–H and O–H groups in total. The van der Waals surface area contributed by atoms with Gasteiger partial charge in [-0.1, -0.05) is 30.3 Å². The van der Waals surface area contributed by atoms with Crippen molar-refractivity contribution in [3.63, 3.8) is 0 Å². The smallest absolute Gasteiger partial charge is 0.328 e. The molecule has 0 saturated heterocycles. The van der Waals surface area contributed by atoms with E-state index >= 15 is 0 Å². The molecule has 0 radical (unpaired) electrons. The Morgan fingerprint density at radius 2 is 1.72 bits per heavy atom. The van der Waals surface area contributed by atoms with Gasteiger partial charge in [-0.05, 0) is 42.2 Å². The molecule has 0 aromatic heterocycles. The fourth-order valence-corrected chi connectivity index (χ4v) is 3.66. The first kappa shape index (κ1) is 20.5. The summed E-state index contributed by atoms with van der Waals surface area (Å²) in [6.45, 7) is 2.11. The lowest BCUT2D eigenvalue weighted by Crippen LogP contribution is -2.50. The highest BCUT2D eigenvalue weighted by Crippen LogP contribution is 2.40. The molecule has 0 spiro atoms. The van der Waals surface area contributed by atoms with Crippen LogP contribution in [0.25, 0.3) is 0 Å². The van der Waals surface area contributed by atoms with Gasteiger partial charge in [-0.15, -0.1) is 0 Å². The Hall–Kier alpha value is -3.22. The highest BCUT2D eigenvalue weighted by molar-refractivity contribution is 5.84. The van der Waals surface area contributed by atoms with Crippen molar-refractivity contribution >= 4 is 12.0 Å². The first-order valence-electron chi connectivity index (χ1n) is 9.44. The molecule has 2 amide bonds. The molecule has 0 bridgehead atoms. The molecule has 3 rings (SSSR count). The number of ether oxygens (including phenoxy) is 3. The number of nitrogens with one attached hydrogen (secondary N) is 1. The van der Waals surface area contributed by atoms with E-state index in [1.165, 1.54) is 7.11 Å². The summed E-state index contributed by atoms with van der Waals surface area (Å²) in [6.07, 6.45) is 0.666. The summed E-state index contributed by atoms with van der Waals surface area (Å²) in [5.74, 6) is 0.783. The number of urea groups is 1. The van der Waals surface area contributed by atoms with Crippen LogP contribution in [0.2, 0.25) is 0 Å². The number of methoxy groups -OCH3 is 3. The molecular formula is C22H26N2O5. The third-order valence-corrected chi connectivity index (χ3v) is 5.14. The zero-order valence-electron chi connectivity index (χ0n) is 17.1. The second kappa shape index (κ2) is 8.86. The molecule has 0 fully saturated rings. The van der Waals surface area contributed by atoms with Crippen LogP contribution in [0, 0.1) is 0 Å². The minimum Gasteiger partial charge on any atom is -0.493 e. The highest BCUT2D eigenvalue weighted by atomic mass is 16.5. The maximum atomic E-state index is 13.1. The van der Waals surface area contributed by atoms with Crippen LogP contribution in [0.3, 0.4) is 0 Å². The van der Waals surface area contributed by atoms with Crippen molar-refractivity contribution in [1.82, 2.24) is 10.2 Å². The molecule has 1 heterocycles. The van der Waals surface area contributed by atoms with Gasteiger partial charge in [-0.2, -0.15) is 0 Å². The van der Waals surface area contributed by atoms with Crippen LogP contribution < -0.4 is 14.8 Å². The number of hydrogen-bond acceptors (Lipinski definition) is 5. The van der Waals surface area contributed by atoms with Gasteiger partial charge < -0.3 is 24.4 Å². The molecule has 0 saturated carbocycles. The van der Waals surface area contributed by atoms with E-state index in [4.69, 9.17) is 14.2 Å². The second-order valence-corrected chi connectivity index (χ2v) is 6.86. The summed E-state index contributed by atoms with van der Waals surface area (Å²) < 4.78 is 15.6. The Morgan fingerprint density at radius 3 is 2.34 bits per heavy atom. The van der Waals surface area contributed by atoms with Crippen molar-refractivity contribution in [2.75, 3.05) is 27.9 Å². The number of carbonyl (C=O) groups is 2. The summed E-state index contributed by atoms with van der Waals surface area (Å²) in [5, 5.41) is 2.74. The molecular weight excluding hydrogens is 372 g/mol. The number of nitrogens with zero attached hydrogens (tertiary/aromatic N) is 1. The van der Waals surface area contributed by atoms with Gasteiger partial charge in [-0.25, -0.2) is 9.59 Å². The third kappa shape index (κ3) is 4.13. The lowest BCUT2D eigenvalue weighted by molar-refractivity contribution is -0.142. The molecule has 154 valence electrons. The van der Waals surface area contributed by atoms with E-state index < -0.39 is 12.0 Å². The number of esters is 1. The SMILES string of the molecule is COC(=O)[C@H](C)NC(=O)N1CCc2cc(OC)c(OC)cc2[C@@H]1c1ccccc1. The minimum atomic E-state index is -0.740. The van der Waals surface area contributed by atoms with Crippen LogP contribution in [-0.2, 0) is 16.0 Å². The molecule has 2 atom stereocenters. The normalized spacial score (nSPS) is 16.4.